The summed E-state index contributed by atoms with van der Waals surface area (Å²) in [6.07, 6.45) is 5.51. The molecular weight excluding hydrogens is 432 g/mol. The van der Waals surface area contributed by atoms with Crippen LogP contribution in [0.1, 0.15) is 73.3 Å². The summed E-state index contributed by atoms with van der Waals surface area (Å²) in [4.78, 5) is 20.5. The Morgan fingerprint density at radius 1 is 1.12 bits per heavy atom. The average Bonchev–Trinajstić information content (AvgIpc) is 3.20. The lowest BCUT2D eigenvalue weighted by Gasteiger charge is -2.36. The van der Waals surface area contributed by atoms with Crippen molar-refractivity contribution in [3.8, 4) is 0 Å². The van der Waals surface area contributed by atoms with E-state index in [1.807, 2.05) is 18.2 Å². The Hall–Kier alpha value is -1.79. The van der Waals surface area contributed by atoms with E-state index in [-0.39, 0.29) is 24.7 Å². The van der Waals surface area contributed by atoms with E-state index >= 15 is 0 Å². The summed E-state index contributed by atoms with van der Waals surface area (Å²) >= 11 is 6.41. The predicted octanol–water partition coefficient (Wildman–Crippen LogP) is 5.79. The molecule has 2 aromatic rings. The molecule has 2 aliphatic carbocycles. The quantitative estimate of drug-likeness (QED) is 0.613. The van der Waals surface area contributed by atoms with E-state index in [4.69, 9.17) is 16.6 Å². The van der Waals surface area contributed by atoms with Crippen molar-refractivity contribution in [2.45, 2.75) is 69.2 Å². The Kier molecular flexibility index (Phi) is 6.10. The van der Waals surface area contributed by atoms with E-state index in [9.17, 15) is 13.6 Å². The zero-order valence-electron chi connectivity index (χ0n) is 18.3. The molecule has 1 saturated heterocycles. The van der Waals surface area contributed by atoms with E-state index < -0.39 is 5.92 Å². The van der Waals surface area contributed by atoms with Crippen LogP contribution in [0.2, 0.25) is 5.02 Å². The van der Waals surface area contributed by atoms with Crippen LogP contribution in [0.15, 0.2) is 24.3 Å². The van der Waals surface area contributed by atoms with Gasteiger partial charge >= 0.3 is 0 Å². The molecule has 1 aromatic carbocycles. The number of benzene rings is 1. The van der Waals surface area contributed by atoms with Crippen molar-refractivity contribution in [3.05, 3.63) is 40.5 Å². The normalized spacial score (nSPS) is 26.2. The van der Waals surface area contributed by atoms with Gasteiger partial charge in [0, 0.05) is 42.4 Å². The molecule has 1 aliphatic heterocycles. The molecule has 7 heteroatoms. The number of hydrogen-bond donors (Lipinski definition) is 1. The summed E-state index contributed by atoms with van der Waals surface area (Å²) in [7, 11) is 0. The van der Waals surface area contributed by atoms with E-state index in [2.05, 4.69) is 10.2 Å². The molecule has 5 rings (SSSR count). The SMILES string of the molecule is O=C(NCC1CCC(F)(F)CC1)c1c(Cl)ccc2nc(C3CCC(N4CCC4)C3)ccc12. The summed E-state index contributed by atoms with van der Waals surface area (Å²) in [5.41, 5.74) is 2.30. The van der Waals surface area contributed by atoms with Crippen LogP contribution in [0.4, 0.5) is 8.78 Å². The lowest BCUT2D eigenvalue weighted by Crippen LogP contribution is -2.43. The number of carbonyl (C=O) groups excluding carboxylic acids is 1. The van der Waals surface area contributed by atoms with Gasteiger partial charge < -0.3 is 10.2 Å². The minimum absolute atomic E-state index is 0.0822. The van der Waals surface area contributed by atoms with Crippen molar-refractivity contribution < 1.29 is 13.6 Å². The van der Waals surface area contributed by atoms with Crippen LogP contribution in [0.5, 0.6) is 0 Å². The number of halogens is 3. The van der Waals surface area contributed by atoms with Crippen LogP contribution in [0.25, 0.3) is 10.9 Å². The fourth-order valence-electron chi connectivity index (χ4n) is 5.54. The van der Waals surface area contributed by atoms with Crippen molar-refractivity contribution in [1.29, 1.82) is 0 Å². The largest absolute Gasteiger partial charge is 0.352 e. The number of hydrogen-bond acceptors (Lipinski definition) is 3. The number of pyridine rings is 1. The third-order valence-electron chi connectivity index (χ3n) is 7.69. The topological polar surface area (TPSA) is 45.2 Å². The second kappa shape index (κ2) is 8.86. The number of carbonyl (C=O) groups is 1. The third-order valence-corrected chi connectivity index (χ3v) is 8.00. The molecule has 2 saturated carbocycles. The molecule has 2 heterocycles. The summed E-state index contributed by atoms with van der Waals surface area (Å²) in [5, 5.41) is 4.06. The van der Waals surface area contributed by atoms with Gasteiger partial charge in [-0.25, -0.2) is 8.78 Å². The highest BCUT2D eigenvalue weighted by Gasteiger charge is 2.35. The van der Waals surface area contributed by atoms with Crippen molar-refractivity contribution in [2.24, 2.45) is 5.92 Å². The molecule has 3 aliphatic rings. The molecule has 3 fully saturated rings. The van der Waals surface area contributed by atoms with Crippen LogP contribution in [0.3, 0.4) is 0 Å². The van der Waals surface area contributed by atoms with Crippen LogP contribution < -0.4 is 5.32 Å². The van der Waals surface area contributed by atoms with Gasteiger partial charge in [0.1, 0.15) is 0 Å². The first-order valence-corrected chi connectivity index (χ1v) is 12.3. The average molecular weight is 462 g/mol. The van der Waals surface area contributed by atoms with Crippen molar-refractivity contribution >= 4 is 28.4 Å². The lowest BCUT2D eigenvalue weighted by molar-refractivity contribution is -0.0452. The number of nitrogens with one attached hydrogen (secondary N) is 1. The molecule has 0 bridgehead atoms. The van der Waals surface area contributed by atoms with Gasteiger partial charge in [0.15, 0.2) is 0 Å². The second-order valence-corrected chi connectivity index (χ2v) is 10.2. The Labute approximate surface area is 192 Å². The maximum absolute atomic E-state index is 13.4. The lowest BCUT2D eigenvalue weighted by atomic mass is 9.87. The van der Waals surface area contributed by atoms with Gasteiger partial charge in [-0.3, -0.25) is 9.78 Å². The number of fused-ring (bicyclic) bond motifs is 1. The minimum atomic E-state index is -2.56. The smallest absolute Gasteiger partial charge is 0.253 e. The van der Waals surface area contributed by atoms with Gasteiger partial charge in [0.25, 0.3) is 5.91 Å². The summed E-state index contributed by atoms with van der Waals surface area (Å²) in [5.74, 6) is -2.27. The molecule has 32 heavy (non-hydrogen) atoms. The fourth-order valence-corrected chi connectivity index (χ4v) is 5.80. The maximum atomic E-state index is 13.4. The molecule has 1 aromatic heterocycles. The van der Waals surface area contributed by atoms with Gasteiger partial charge in [-0.15, -0.1) is 0 Å². The van der Waals surface area contributed by atoms with Gasteiger partial charge in [-0.1, -0.05) is 17.7 Å². The second-order valence-electron chi connectivity index (χ2n) is 9.79. The van der Waals surface area contributed by atoms with Crippen molar-refractivity contribution in [2.75, 3.05) is 19.6 Å². The van der Waals surface area contributed by atoms with Gasteiger partial charge in [-0.2, -0.15) is 0 Å². The first-order valence-electron chi connectivity index (χ1n) is 11.9. The van der Waals surface area contributed by atoms with E-state index in [0.29, 0.717) is 41.9 Å². The maximum Gasteiger partial charge on any atom is 0.253 e. The molecule has 4 nitrogen and oxygen atoms in total. The monoisotopic (exact) mass is 461 g/mol. The standard InChI is InChI=1S/C25H30ClF2N3O/c26-20-5-7-22-19(23(20)24(32)29-15-16-8-10-25(27,28)11-9-16)4-6-21(30-22)17-2-3-18(14-17)31-12-1-13-31/h4-7,16-18H,1-3,8-15H2,(H,29,32). The zero-order valence-corrected chi connectivity index (χ0v) is 19.0. The summed E-state index contributed by atoms with van der Waals surface area (Å²) in [6.45, 7) is 2.85. The van der Waals surface area contributed by atoms with E-state index in [1.165, 1.54) is 25.9 Å². The van der Waals surface area contributed by atoms with Crippen LogP contribution in [-0.2, 0) is 0 Å². The fraction of sp³-hybridized carbons (Fsp3) is 0.600. The number of nitrogens with zero attached hydrogens (tertiary/aromatic N) is 2. The highest BCUT2D eigenvalue weighted by Crippen LogP contribution is 2.39. The first kappa shape index (κ1) is 22.0. The van der Waals surface area contributed by atoms with Gasteiger partial charge in [0.2, 0.25) is 5.92 Å². The van der Waals surface area contributed by atoms with E-state index in [1.54, 1.807) is 6.07 Å². The molecule has 172 valence electrons. The molecular formula is C25H30ClF2N3O. The number of alkyl halides is 2. The Bertz CT molecular complexity index is 1000. The number of rotatable bonds is 5. The van der Waals surface area contributed by atoms with Crippen molar-refractivity contribution in [3.63, 3.8) is 0 Å². The highest BCUT2D eigenvalue weighted by molar-refractivity contribution is 6.35. The Balaban J connectivity index is 1.29. The van der Waals surface area contributed by atoms with Crippen LogP contribution in [-0.4, -0.2) is 47.4 Å². The Morgan fingerprint density at radius 2 is 1.91 bits per heavy atom. The summed E-state index contributed by atoms with van der Waals surface area (Å²) in [6, 6.07) is 8.30. The summed E-state index contributed by atoms with van der Waals surface area (Å²) < 4.78 is 26.8. The number of amides is 1. The third kappa shape index (κ3) is 4.49. The molecule has 1 N–H and O–H groups in total. The molecule has 0 spiro atoms. The van der Waals surface area contributed by atoms with Crippen LogP contribution in [0, 0.1) is 5.92 Å². The van der Waals surface area contributed by atoms with E-state index in [0.717, 1.165) is 29.4 Å². The predicted molar refractivity (Wildman–Crippen MR) is 123 cm³/mol. The van der Waals surface area contributed by atoms with Gasteiger partial charge in [-0.05, 0) is 75.7 Å². The van der Waals surface area contributed by atoms with Gasteiger partial charge in [0.05, 0.1) is 16.1 Å². The Morgan fingerprint density at radius 3 is 2.62 bits per heavy atom. The molecule has 0 radical (unpaired) electrons. The van der Waals surface area contributed by atoms with Crippen molar-refractivity contribution in [1.82, 2.24) is 15.2 Å². The molecule has 2 atom stereocenters. The van der Waals surface area contributed by atoms with Crippen LogP contribution >= 0.6 is 11.6 Å². The number of aromatic nitrogens is 1. The highest BCUT2D eigenvalue weighted by atomic mass is 35.5. The first-order chi connectivity index (χ1) is 15.4. The minimum Gasteiger partial charge on any atom is -0.352 e. The zero-order chi connectivity index (χ0) is 22.3. The molecule has 1 amide bonds. The molecule has 2 unspecified atom stereocenters. The number of likely N-dealkylation sites (tertiary alicyclic amines) is 1.